The zero-order chi connectivity index (χ0) is 14.9. The maximum absolute atomic E-state index is 13.4. The number of hydrogen-bond donors (Lipinski definition) is 2. The van der Waals surface area contributed by atoms with Gasteiger partial charge in [0.25, 0.3) is 5.91 Å². The van der Waals surface area contributed by atoms with Crippen molar-refractivity contribution in [3.05, 3.63) is 57.3 Å². The second-order valence-electron chi connectivity index (χ2n) is 4.58. The van der Waals surface area contributed by atoms with Crippen molar-refractivity contribution in [2.75, 3.05) is 11.1 Å². The van der Waals surface area contributed by atoms with Gasteiger partial charge in [0.05, 0.1) is 10.0 Å². The maximum atomic E-state index is 13.4. The van der Waals surface area contributed by atoms with Gasteiger partial charge in [0, 0.05) is 11.4 Å². The lowest BCUT2D eigenvalue weighted by molar-refractivity contribution is 0.102. The molecule has 0 atom stereocenters. The minimum atomic E-state index is -0.470. The normalized spacial score (nSPS) is 10.4. The summed E-state index contributed by atoms with van der Waals surface area (Å²) in [6.45, 7) is 3.72. The van der Waals surface area contributed by atoms with E-state index < -0.39 is 5.82 Å². The molecule has 0 saturated heterocycles. The Hall–Kier alpha value is -1.88. The lowest BCUT2D eigenvalue weighted by Gasteiger charge is -2.12. The van der Waals surface area contributed by atoms with Gasteiger partial charge in [0.2, 0.25) is 0 Å². The topological polar surface area (TPSA) is 55.1 Å². The first-order valence-electron chi connectivity index (χ1n) is 6.02. The Bertz CT molecular complexity index is 686. The van der Waals surface area contributed by atoms with Crippen molar-refractivity contribution in [1.82, 2.24) is 0 Å². The molecule has 2 aromatic carbocycles. The molecule has 0 aliphatic heterocycles. The Kier molecular flexibility index (Phi) is 4.09. The quantitative estimate of drug-likeness (QED) is 0.813. The number of carbonyl (C=O) groups excluding carboxylic acids is 1. The fourth-order valence-electron chi connectivity index (χ4n) is 1.84. The van der Waals surface area contributed by atoms with Crippen molar-refractivity contribution in [3.8, 4) is 0 Å². The number of amides is 1. The largest absolute Gasteiger partial charge is 0.399 e. The molecule has 0 heterocycles. The number of anilines is 2. The van der Waals surface area contributed by atoms with Crippen LogP contribution in [0.3, 0.4) is 0 Å². The molecular weight excluding hydrogens is 323 g/mol. The molecule has 1 amide bonds. The highest BCUT2D eigenvalue weighted by Gasteiger charge is 2.14. The smallest absolute Gasteiger partial charge is 0.256 e. The van der Waals surface area contributed by atoms with Gasteiger partial charge in [-0.1, -0.05) is 6.07 Å². The monoisotopic (exact) mass is 336 g/mol. The average Bonchev–Trinajstić information content (AvgIpc) is 2.39. The van der Waals surface area contributed by atoms with Crippen molar-refractivity contribution >= 4 is 33.2 Å². The van der Waals surface area contributed by atoms with Crippen LogP contribution in [0.4, 0.5) is 15.8 Å². The van der Waals surface area contributed by atoms with E-state index in [0.717, 1.165) is 11.1 Å². The van der Waals surface area contributed by atoms with Crippen molar-refractivity contribution in [3.63, 3.8) is 0 Å². The number of rotatable bonds is 2. The summed E-state index contributed by atoms with van der Waals surface area (Å²) in [7, 11) is 0. The van der Waals surface area contributed by atoms with E-state index in [4.69, 9.17) is 5.73 Å². The van der Waals surface area contributed by atoms with Crippen LogP contribution >= 0.6 is 15.9 Å². The molecule has 20 heavy (non-hydrogen) atoms. The molecule has 3 nitrogen and oxygen atoms in total. The van der Waals surface area contributed by atoms with E-state index in [1.165, 1.54) is 12.1 Å². The molecule has 3 N–H and O–H groups in total. The minimum Gasteiger partial charge on any atom is -0.399 e. The van der Waals surface area contributed by atoms with Gasteiger partial charge < -0.3 is 11.1 Å². The molecule has 0 bridgehead atoms. The van der Waals surface area contributed by atoms with E-state index in [2.05, 4.69) is 21.2 Å². The Labute approximate surface area is 125 Å². The number of halogens is 2. The zero-order valence-corrected chi connectivity index (χ0v) is 12.7. The summed E-state index contributed by atoms with van der Waals surface area (Å²) in [4.78, 5) is 12.2. The molecule has 2 aromatic rings. The summed E-state index contributed by atoms with van der Waals surface area (Å²) >= 11 is 3.08. The summed E-state index contributed by atoms with van der Waals surface area (Å²) in [5.74, 6) is -0.841. The van der Waals surface area contributed by atoms with Gasteiger partial charge >= 0.3 is 0 Å². The highest BCUT2D eigenvalue weighted by atomic mass is 79.9. The Morgan fingerprint density at radius 2 is 1.95 bits per heavy atom. The predicted octanol–water partition coefficient (Wildman–Crippen LogP) is 4.04. The summed E-state index contributed by atoms with van der Waals surface area (Å²) in [5.41, 5.74) is 9.13. The first-order valence-corrected chi connectivity index (χ1v) is 6.81. The Morgan fingerprint density at radius 1 is 1.25 bits per heavy atom. The van der Waals surface area contributed by atoms with Crippen LogP contribution in [0, 0.1) is 19.7 Å². The van der Waals surface area contributed by atoms with Crippen molar-refractivity contribution in [2.45, 2.75) is 13.8 Å². The minimum absolute atomic E-state index is 0.155. The molecule has 104 valence electrons. The first-order chi connectivity index (χ1) is 9.40. The van der Waals surface area contributed by atoms with E-state index >= 15 is 0 Å². The van der Waals surface area contributed by atoms with Gasteiger partial charge in [-0.05, 0) is 65.2 Å². The molecule has 0 unspecified atom stereocenters. The fourth-order valence-corrected chi connectivity index (χ4v) is 2.29. The summed E-state index contributed by atoms with van der Waals surface area (Å²) in [6, 6.07) is 7.94. The second kappa shape index (κ2) is 5.63. The molecule has 0 aliphatic carbocycles. The van der Waals surface area contributed by atoms with Gasteiger partial charge in [0.15, 0.2) is 0 Å². The molecule has 0 aliphatic rings. The van der Waals surface area contributed by atoms with Crippen LogP contribution < -0.4 is 11.1 Å². The van der Waals surface area contributed by atoms with E-state index in [-0.39, 0.29) is 15.9 Å². The van der Waals surface area contributed by atoms with Crippen molar-refractivity contribution in [2.24, 2.45) is 0 Å². The highest BCUT2D eigenvalue weighted by Crippen LogP contribution is 2.25. The maximum Gasteiger partial charge on any atom is 0.256 e. The van der Waals surface area contributed by atoms with Crippen LogP contribution in [-0.2, 0) is 0 Å². The third-order valence-corrected chi connectivity index (χ3v) is 3.86. The van der Waals surface area contributed by atoms with Gasteiger partial charge in [-0.25, -0.2) is 4.39 Å². The molecule has 0 spiro atoms. The number of nitrogens with two attached hydrogens (primary N) is 1. The highest BCUT2D eigenvalue weighted by molar-refractivity contribution is 9.10. The fraction of sp³-hybridized carbons (Fsp3) is 0.133. The summed E-state index contributed by atoms with van der Waals surface area (Å²) in [6.07, 6.45) is 0. The van der Waals surface area contributed by atoms with Gasteiger partial charge in [-0.15, -0.1) is 0 Å². The van der Waals surface area contributed by atoms with Crippen LogP contribution in [-0.4, -0.2) is 5.91 Å². The molecule has 0 radical (unpaired) electrons. The number of hydrogen-bond acceptors (Lipinski definition) is 2. The standard InChI is InChI=1S/C15H14BrFN2O/c1-8-7-13(9(2)6-12(8)18)19-15(20)10-4-3-5-11(17)14(10)16/h3-7H,18H2,1-2H3,(H,19,20). The van der Waals surface area contributed by atoms with Crippen LogP contribution in [0.15, 0.2) is 34.8 Å². The van der Waals surface area contributed by atoms with E-state index in [1.807, 2.05) is 13.8 Å². The number of benzene rings is 2. The molecule has 2 rings (SSSR count). The lowest BCUT2D eigenvalue weighted by atomic mass is 10.1. The molecule has 0 saturated carbocycles. The first kappa shape index (κ1) is 14.5. The SMILES string of the molecule is Cc1cc(NC(=O)c2cccc(F)c2Br)c(C)cc1N. The summed E-state index contributed by atoms with van der Waals surface area (Å²) < 4.78 is 13.6. The van der Waals surface area contributed by atoms with E-state index in [0.29, 0.717) is 11.4 Å². The van der Waals surface area contributed by atoms with Gasteiger partial charge in [0.1, 0.15) is 5.82 Å². The van der Waals surface area contributed by atoms with E-state index in [1.54, 1.807) is 18.2 Å². The Balaban J connectivity index is 2.33. The summed E-state index contributed by atoms with van der Waals surface area (Å²) in [5, 5.41) is 2.77. The second-order valence-corrected chi connectivity index (χ2v) is 5.37. The van der Waals surface area contributed by atoms with Crippen LogP contribution in [0.25, 0.3) is 0 Å². The van der Waals surface area contributed by atoms with Crippen LogP contribution in [0.1, 0.15) is 21.5 Å². The number of nitrogen functional groups attached to an aromatic ring is 1. The molecular formula is C15H14BrFN2O. The van der Waals surface area contributed by atoms with Crippen LogP contribution in [0.2, 0.25) is 0 Å². The number of nitrogens with one attached hydrogen (secondary N) is 1. The Morgan fingerprint density at radius 3 is 2.65 bits per heavy atom. The van der Waals surface area contributed by atoms with Crippen molar-refractivity contribution < 1.29 is 9.18 Å². The third kappa shape index (κ3) is 2.82. The predicted molar refractivity (Wildman–Crippen MR) is 82.4 cm³/mol. The number of carbonyl (C=O) groups is 1. The lowest BCUT2D eigenvalue weighted by Crippen LogP contribution is -2.14. The third-order valence-electron chi connectivity index (χ3n) is 3.06. The van der Waals surface area contributed by atoms with Crippen LogP contribution in [0.5, 0.6) is 0 Å². The van der Waals surface area contributed by atoms with E-state index in [9.17, 15) is 9.18 Å². The molecule has 0 aromatic heterocycles. The average molecular weight is 337 g/mol. The van der Waals surface area contributed by atoms with Gasteiger partial charge in [-0.3, -0.25) is 4.79 Å². The van der Waals surface area contributed by atoms with Gasteiger partial charge in [-0.2, -0.15) is 0 Å². The number of aryl methyl sites for hydroxylation is 2. The molecule has 5 heteroatoms. The molecule has 0 fully saturated rings. The van der Waals surface area contributed by atoms with Crippen molar-refractivity contribution in [1.29, 1.82) is 0 Å². The zero-order valence-electron chi connectivity index (χ0n) is 11.1.